The number of rotatable bonds is 2. The molecule has 0 amide bonds. The van der Waals surface area contributed by atoms with Gasteiger partial charge in [0.25, 0.3) is 0 Å². The highest BCUT2D eigenvalue weighted by Gasteiger charge is 2.11. The number of nitrogens with one attached hydrogen (secondary N) is 2. The van der Waals surface area contributed by atoms with Crippen LogP contribution >= 0.6 is 11.6 Å². The maximum atomic E-state index is 6.02. The molecule has 1 aromatic carbocycles. The molecule has 17 heavy (non-hydrogen) atoms. The second kappa shape index (κ2) is 3.85. The van der Waals surface area contributed by atoms with Crippen LogP contribution in [0.3, 0.4) is 0 Å². The molecule has 0 unspecified atom stereocenters. The maximum Gasteiger partial charge on any atom is 0.179 e. The Morgan fingerprint density at radius 1 is 1.35 bits per heavy atom. The van der Waals surface area contributed by atoms with Gasteiger partial charge in [0.15, 0.2) is 5.82 Å². The third-order valence-electron chi connectivity index (χ3n) is 2.81. The molecular formula is C11H10ClN5. The summed E-state index contributed by atoms with van der Waals surface area (Å²) >= 11 is 6.02. The Labute approximate surface area is 102 Å². The highest BCUT2D eigenvalue weighted by atomic mass is 35.5. The molecule has 0 bridgehead atoms. The second-order valence-electron chi connectivity index (χ2n) is 3.92. The number of aryl methyl sites for hydroxylation is 1. The van der Waals surface area contributed by atoms with Gasteiger partial charge < -0.3 is 4.98 Å². The third kappa shape index (κ3) is 1.78. The molecule has 3 aromatic rings. The van der Waals surface area contributed by atoms with Gasteiger partial charge in [0.1, 0.15) is 0 Å². The van der Waals surface area contributed by atoms with Crippen LogP contribution in [0.25, 0.3) is 10.9 Å². The summed E-state index contributed by atoms with van der Waals surface area (Å²) in [5, 5.41) is 15.8. The van der Waals surface area contributed by atoms with Crippen molar-refractivity contribution in [3.8, 4) is 0 Å². The predicted molar refractivity (Wildman–Crippen MR) is 65.0 cm³/mol. The first-order valence-electron chi connectivity index (χ1n) is 5.23. The fourth-order valence-corrected chi connectivity index (χ4v) is 2.17. The minimum absolute atomic E-state index is 0.642. The molecule has 86 valence electrons. The van der Waals surface area contributed by atoms with Gasteiger partial charge in [-0.3, -0.25) is 0 Å². The van der Waals surface area contributed by atoms with Crippen LogP contribution in [-0.4, -0.2) is 25.6 Å². The molecule has 0 aliphatic carbocycles. The monoisotopic (exact) mass is 247 g/mol. The zero-order chi connectivity index (χ0) is 11.8. The zero-order valence-corrected chi connectivity index (χ0v) is 9.91. The van der Waals surface area contributed by atoms with E-state index in [-0.39, 0.29) is 0 Å². The van der Waals surface area contributed by atoms with Gasteiger partial charge in [0.2, 0.25) is 0 Å². The number of aromatic amines is 2. The topological polar surface area (TPSA) is 70.2 Å². The molecule has 0 atom stereocenters. The lowest BCUT2D eigenvalue weighted by Crippen LogP contribution is -1.92. The number of aromatic nitrogens is 5. The Kier molecular flexibility index (Phi) is 2.33. The fraction of sp³-hybridized carbons (Fsp3) is 0.182. The van der Waals surface area contributed by atoms with Crippen molar-refractivity contribution in [2.24, 2.45) is 0 Å². The molecule has 0 fully saturated rings. The van der Waals surface area contributed by atoms with Crippen LogP contribution in [0, 0.1) is 6.92 Å². The van der Waals surface area contributed by atoms with Crippen molar-refractivity contribution in [2.75, 3.05) is 0 Å². The SMILES string of the molecule is Cc1[nH]c2ccc(Cl)cc2c1Cc1nn[nH]n1. The summed E-state index contributed by atoms with van der Waals surface area (Å²) in [6, 6.07) is 5.80. The van der Waals surface area contributed by atoms with Gasteiger partial charge in [-0.2, -0.15) is 5.21 Å². The number of hydrogen-bond acceptors (Lipinski definition) is 3. The molecule has 0 saturated carbocycles. The lowest BCUT2D eigenvalue weighted by atomic mass is 10.1. The van der Waals surface area contributed by atoms with E-state index in [0.29, 0.717) is 12.2 Å². The van der Waals surface area contributed by atoms with E-state index in [4.69, 9.17) is 11.6 Å². The lowest BCUT2D eigenvalue weighted by molar-refractivity contribution is 0.881. The summed E-state index contributed by atoms with van der Waals surface area (Å²) in [4.78, 5) is 3.32. The Balaban J connectivity index is 2.14. The second-order valence-corrected chi connectivity index (χ2v) is 4.36. The van der Waals surface area contributed by atoms with Gasteiger partial charge in [-0.1, -0.05) is 16.8 Å². The summed E-state index contributed by atoms with van der Waals surface area (Å²) in [6.07, 6.45) is 0.642. The average Bonchev–Trinajstić information content (AvgIpc) is 2.90. The standard InChI is InChI=1S/C11H10ClN5/c1-6-8(5-11-14-16-17-15-11)9-4-7(12)2-3-10(9)13-6/h2-4,13H,5H2,1H3,(H,14,15,16,17). The van der Waals surface area contributed by atoms with Crippen LogP contribution < -0.4 is 0 Å². The van der Waals surface area contributed by atoms with Gasteiger partial charge in [-0.25, -0.2) is 0 Å². The minimum Gasteiger partial charge on any atom is -0.358 e. The van der Waals surface area contributed by atoms with E-state index in [1.165, 1.54) is 0 Å². The molecule has 3 rings (SSSR count). The van der Waals surface area contributed by atoms with Crippen LogP contribution in [0.2, 0.25) is 5.02 Å². The fourth-order valence-electron chi connectivity index (χ4n) is 2.00. The first-order valence-corrected chi connectivity index (χ1v) is 5.61. The van der Waals surface area contributed by atoms with Crippen LogP contribution in [0.1, 0.15) is 17.1 Å². The van der Waals surface area contributed by atoms with E-state index in [2.05, 4.69) is 25.6 Å². The van der Waals surface area contributed by atoms with E-state index in [1.807, 2.05) is 25.1 Å². The number of hydrogen-bond donors (Lipinski definition) is 2. The Hall–Kier alpha value is -1.88. The molecule has 6 heteroatoms. The van der Waals surface area contributed by atoms with Crippen molar-refractivity contribution in [1.82, 2.24) is 25.6 Å². The van der Waals surface area contributed by atoms with Crippen molar-refractivity contribution in [3.05, 3.63) is 40.3 Å². The van der Waals surface area contributed by atoms with Crippen molar-refractivity contribution in [1.29, 1.82) is 0 Å². The van der Waals surface area contributed by atoms with Crippen molar-refractivity contribution in [3.63, 3.8) is 0 Å². The molecular weight excluding hydrogens is 238 g/mol. The number of fused-ring (bicyclic) bond motifs is 1. The Bertz CT molecular complexity index is 656. The molecule has 2 aromatic heterocycles. The molecule has 5 nitrogen and oxygen atoms in total. The molecule has 2 N–H and O–H groups in total. The number of nitrogens with zero attached hydrogens (tertiary/aromatic N) is 3. The van der Waals surface area contributed by atoms with Crippen LogP contribution in [0.4, 0.5) is 0 Å². The largest absolute Gasteiger partial charge is 0.358 e. The third-order valence-corrected chi connectivity index (χ3v) is 3.04. The zero-order valence-electron chi connectivity index (χ0n) is 9.16. The molecule has 0 aliphatic rings. The van der Waals surface area contributed by atoms with Crippen LogP contribution in [0.5, 0.6) is 0 Å². The molecule has 0 saturated heterocycles. The predicted octanol–water partition coefficient (Wildman–Crippen LogP) is 2.23. The van der Waals surface area contributed by atoms with Crippen molar-refractivity contribution < 1.29 is 0 Å². The lowest BCUT2D eigenvalue weighted by Gasteiger charge is -1.97. The smallest absolute Gasteiger partial charge is 0.179 e. The molecule has 0 aliphatic heterocycles. The van der Waals surface area contributed by atoms with Crippen molar-refractivity contribution in [2.45, 2.75) is 13.3 Å². The van der Waals surface area contributed by atoms with Crippen LogP contribution in [-0.2, 0) is 6.42 Å². The summed E-state index contributed by atoms with van der Waals surface area (Å²) in [7, 11) is 0. The molecule has 0 spiro atoms. The Morgan fingerprint density at radius 2 is 2.24 bits per heavy atom. The van der Waals surface area contributed by atoms with E-state index in [0.717, 1.165) is 27.2 Å². The minimum atomic E-state index is 0.642. The van der Waals surface area contributed by atoms with Crippen molar-refractivity contribution >= 4 is 22.5 Å². The van der Waals surface area contributed by atoms with E-state index in [9.17, 15) is 0 Å². The van der Waals surface area contributed by atoms with Crippen LogP contribution in [0.15, 0.2) is 18.2 Å². The van der Waals surface area contributed by atoms with Gasteiger partial charge in [-0.05, 0) is 30.7 Å². The van der Waals surface area contributed by atoms with Gasteiger partial charge in [-0.15, -0.1) is 10.2 Å². The van der Waals surface area contributed by atoms with Gasteiger partial charge in [0, 0.05) is 28.0 Å². The van der Waals surface area contributed by atoms with Gasteiger partial charge in [0.05, 0.1) is 0 Å². The van der Waals surface area contributed by atoms with E-state index < -0.39 is 0 Å². The molecule has 2 heterocycles. The number of tetrazole rings is 1. The molecule has 0 radical (unpaired) electrons. The number of H-pyrrole nitrogens is 2. The first-order chi connectivity index (χ1) is 8.24. The van der Waals surface area contributed by atoms with E-state index >= 15 is 0 Å². The summed E-state index contributed by atoms with van der Waals surface area (Å²) in [6.45, 7) is 2.03. The summed E-state index contributed by atoms with van der Waals surface area (Å²) in [5.74, 6) is 0.675. The highest BCUT2D eigenvalue weighted by molar-refractivity contribution is 6.31. The van der Waals surface area contributed by atoms with E-state index in [1.54, 1.807) is 0 Å². The first kappa shape index (κ1) is 10.3. The highest BCUT2D eigenvalue weighted by Crippen LogP contribution is 2.26. The quantitative estimate of drug-likeness (QED) is 0.730. The maximum absolute atomic E-state index is 6.02. The average molecular weight is 248 g/mol. The number of halogens is 1. The Morgan fingerprint density at radius 3 is 3.00 bits per heavy atom. The normalized spacial score (nSPS) is 11.2. The van der Waals surface area contributed by atoms with Gasteiger partial charge >= 0.3 is 0 Å². The summed E-state index contributed by atoms with van der Waals surface area (Å²) < 4.78 is 0. The number of benzene rings is 1. The summed E-state index contributed by atoms with van der Waals surface area (Å²) in [5.41, 5.74) is 3.33.